The van der Waals surface area contributed by atoms with Gasteiger partial charge in [-0.05, 0) is 43.2 Å². The minimum Gasteiger partial charge on any atom is -0.496 e. The lowest BCUT2D eigenvalue weighted by Gasteiger charge is -2.17. The zero-order chi connectivity index (χ0) is 14.9. The summed E-state index contributed by atoms with van der Waals surface area (Å²) in [6.07, 6.45) is 0. The Labute approximate surface area is 131 Å². The molecular formula is C16H15BrClFO. The first-order valence-electron chi connectivity index (χ1n) is 6.18. The van der Waals surface area contributed by atoms with Gasteiger partial charge in [-0.25, -0.2) is 4.39 Å². The summed E-state index contributed by atoms with van der Waals surface area (Å²) in [6.45, 7) is 3.81. The number of alkyl halides is 1. The fourth-order valence-corrected chi connectivity index (χ4v) is 2.76. The third-order valence-corrected chi connectivity index (χ3v) is 4.54. The maximum Gasteiger partial charge on any atom is 0.128 e. The van der Waals surface area contributed by atoms with Gasteiger partial charge in [-0.1, -0.05) is 28.1 Å². The predicted octanol–water partition coefficient (Wildman–Crippen LogP) is 5.54. The number of rotatable bonds is 3. The van der Waals surface area contributed by atoms with E-state index in [9.17, 15) is 4.39 Å². The molecule has 0 saturated heterocycles. The first-order chi connectivity index (χ1) is 9.43. The summed E-state index contributed by atoms with van der Waals surface area (Å²) in [5.74, 6) is 0.356. The zero-order valence-corrected chi connectivity index (χ0v) is 13.8. The molecule has 2 aromatic carbocycles. The predicted molar refractivity (Wildman–Crippen MR) is 84.3 cm³/mol. The highest BCUT2D eigenvalue weighted by molar-refractivity contribution is 9.10. The summed E-state index contributed by atoms with van der Waals surface area (Å²) in [6, 6.07) is 8.82. The minimum absolute atomic E-state index is 0.302. The summed E-state index contributed by atoms with van der Waals surface area (Å²) < 4.78 is 20.3. The molecule has 0 aromatic heterocycles. The summed E-state index contributed by atoms with van der Waals surface area (Å²) in [5.41, 5.74) is 3.10. The highest BCUT2D eigenvalue weighted by atomic mass is 79.9. The molecular weight excluding hydrogens is 343 g/mol. The number of hydrogen-bond donors (Lipinski definition) is 0. The zero-order valence-electron chi connectivity index (χ0n) is 11.5. The van der Waals surface area contributed by atoms with Crippen molar-refractivity contribution in [1.29, 1.82) is 0 Å². The molecule has 1 unspecified atom stereocenters. The van der Waals surface area contributed by atoms with Crippen LogP contribution in [0.3, 0.4) is 0 Å². The third-order valence-electron chi connectivity index (χ3n) is 3.21. The molecule has 0 N–H and O–H groups in total. The number of ether oxygens (including phenoxy) is 1. The Morgan fingerprint density at radius 3 is 2.45 bits per heavy atom. The second-order valence-electron chi connectivity index (χ2n) is 4.73. The lowest BCUT2D eigenvalue weighted by Crippen LogP contribution is -2.01. The Morgan fingerprint density at radius 2 is 1.85 bits per heavy atom. The Kier molecular flexibility index (Phi) is 4.71. The standard InChI is InChI=1S/C16H15BrClFO/c1-9-4-5-11(14(19)6-9)16(18)12-8-13(17)10(2)7-15(12)20-3/h4-8,16H,1-3H3. The molecule has 0 bridgehead atoms. The van der Waals surface area contributed by atoms with Crippen molar-refractivity contribution in [1.82, 2.24) is 0 Å². The van der Waals surface area contributed by atoms with Gasteiger partial charge in [0.05, 0.1) is 12.5 Å². The molecule has 0 aliphatic heterocycles. The van der Waals surface area contributed by atoms with Crippen LogP contribution in [0.4, 0.5) is 4.39 Å². The Hall–Kier alpha value is -1.06. The van der Waals surface area contributed by atoms with Crippen LogP contribution in [0, 0.1) is 19.7 Å². The number of methoxy groups -OCH3 is 1. The number of aryl methyl sites for hydroxylation is 2. The second-order valence-corrected chi connectivity index (χ2v) is 6.02. The number of halogens is 3. The lowest BCUT2D eigenvalue weighted by molar-refractivity contribution is 0.409. The van der Waals surface area contributed by atoms with Crippen LogP contribution in [0.2, 0.25) is 0 Å². The number of benzene rings is 2. The van der Waals surface area contributed by atoms with E-state index in [1.165, 1.54) is 6.07 Å². The molecule has 0 aliphatic rings. The molecule has 0 spiro atoms. The van der Waals surface area contributed by atoms with Crippen molar-refractivity contribution in [2.24, 2.45) is 0 Å². The molecule has 20 heavy (non-hydrogen) atoms. The van der Waals surface area contributed by atoms with E-state index in [4.69, 9.17) is 16.3 Å². The van der Waals surface area contributed by atoms with Crippen molar-refractivity contribution < 1.29 is 9.13 Å². The van der Waals surface area contributed by atoms with E-state index in [0.29, 0.717) is 11.3 Å². The monoisotopic (exact) mass is 356 g/mol. The molecule has 2 aromatic rings. The molecule has 0 amide bonds. The highest BCUT2D eigenvalue weighted by Gasteiger charge is 2.20. The van der Waals surface area contributed by atoms with Crippen molar-refractivity contribution in [3.63, 3.8) is 0 Å². The van der Waals surface area contributed by atoms with Crippen LogP contribution in [0.1, 0.15) is 27.6 Å². The van der Waals surface area contributed by atoms with E-state index >= 15 is 0 Å². The summed E-state index contributed by atoms with van der Waals surface area (Å²) in [7, 11) is 1.58. The third kappa shape index (κ3) is 2.99. The maximum atomic E-state index is 14.1. The summed E-state index contributed by atoms with van der Waals surface area (Å²) in [4.78, 5) is 0. The molecule has 0 heterocycles. The van der Waals surface area contributed by atoms with Crippen LogP contribution in [0.15, 0.2) is 34.8 Å². The van der Waals surface area contributed by atoms with Crippen LogP contribution < -0.4 is 4.74 Å². The average molecular weight is 358 g/mol. The molecule has 1 atom stereocenters. The SMILES string of the molecule is COc1cc(C)c(Br)cc1C(Cl)c1ccc(C)cc1F. The highest BCUT2D eigenvalue weighted by Crippen LogP contribution is 2.39. The molecule has 106 valence electrons. The van der Waals surface area contributed by atoms with Crippen molar-refractivity contribution in [2.75, 3.05) is 7.11 Å². The summed E-state index contributed by atoms with van der Waals surface area (Å²) in [5, 5.41) is -0.595. The average Bonchev–Trinajstić information content (AvgIpc) is 2.40. The topological polar surface area (TPSA) is 9.23 Å². The van der Waals surface area contributed by atoms with Gasteiger partial charge in [-0.15, -0.1) is 11.6 Å². The largest absolute Gasteiger partial charge is 0.496 e. The van der Waals surface area contributed by atoms with Crippen LogP contribution in [0.5, 0.6) is 5.75 Å². The molecule has 1 nitrogen and oxygen atoms in total. The molecule has 2 rings (SSSR count). The number of hydrogen-bond acceptors (Lipinski definition) is 1. The Balaban J connectivity index is 2.52. The molecule has 0 fully saturated rings. The van der Waals surface area contributed by atoms with Crippen LogP contribution in [-0.2, 0) is 0 Å². The Bertz CT molecular complexity index is 643. The van der Waals surface area contributed by atoms with Crippen LogP contribution in [-0.4, -0.2) is 7.11 Å². The Morgan fingerprint density at radius 1 is 1.15 bits per heavy atom. The molecule has 0 aliphatic carbocycles. The fraction of sp³-hybridized carbons (Fsp3) is 0.250. The van der Waals surface area contributed by atoms with Gasteiger partial charge in [0.25, 0.3) is 0 Å². The molecule has 0 saturated carbocycles. The fourth-order valence-electron chi connectivity index (χ4n) is 2.05. The van der Waals surface area contributed by atoms with Gasteiger partial charge in [0.15, 0.2) is 0 Å². The van der Waals surface area contributed by atoms with Crippen molar-refractivity contribution in [2.45, 2.75) is 19.2 Å². The van der Waals surface area contributed by atoms with Gasteiger partial charge in [0, 0.05) is 15.6 Å². The van der Waals surface area contributed by atoms with Gasteiger partial charge < -0.3 is 4.74 Å². The van der Waals surface area contributed by atoms with Gasteiger partial charge in [0.2, 0.25) is 0 Å². The molecule has 0 radical (unpaired) electrons. The maximum absolute atomic E-state index is 14.1. The first-order valence-corrected chi connectivity index (χ1v) is 7.41. The molecule has 4 heteroatoms. The second kappa shape index (κ2) is 6.15. The van der Waals surface area contributed by atoms with Gasteiger partial charge in [-0.2, -0.15) is 0 Å². The van der Waals surface area contributed by atoms with Gasteiger partial charge in [0.1, 0.15) is 11.6 Å². The van der Waals surface area contributed by atoms with E-state index in [2.05, 4.69) is 15.9 Å². The lowest BCUT2D eigenvalue weighted by atomic mass is 10.0. The van der Waals surface area contributed by atoms with E-state index in [1.54, 1.807) is 13.2 Å². The smallest absolute Gasteiger partial charge is 0.128 e. The van der Waals surface area contributed by atoms with E-state index in [-0.39, 0.29) is 5.82 Å². The summed E-state index contributed by atoms with van der Waals surface area (Å²) >= 11 is 9.93. The van der Waals surface area contributed by atoms with Crippen molar-refractivity contribution in [3.8, 4) is 5.75 Å². The van der Waals surface area contributed by atoms with E-state index in [0.717, 1.165) is 21.2 Å². The van der Waals surface area contributed by atoms with E-state index in [1.807, 2.05) is 32.0 Å². The van der Waals surface area contributed by atoms with Crippen LogP contribution >= 0.6 is 27.5 Å². The van der Waals surface area contributed by atoms with Gasteiger partial charge in [-0.3, -0.25) is 0 Å². The normalized spacial score (nSPS) is 12.3. The van der Waals surface area contributed by atoms with Crippen molar-refractivity contribution >= 4 is 27.5 Å². The first kappa shape index (κ1) is 15.3. The quantitative estimate of drug-likeness (QED) is 0.655. The van der Waals surface area contributed by atoms with E-state index < -0.39 is 5.38 Å². The minimum atomic E-state index is -0.595. The van der Waals surface area contributed by atoms with Crippen molar-refractivity contribution in [3.05, 3.63) is 62.9 Å². The van der Waals surface area contributed by atoms with Crippen LogP contribution in [0.25, 0.3) is 0 Å². The van der Waals surface area contributed by atoms with Gasteiger partial charge >= 0.3 is 0 Å².